The van der Waals surface area contributed by atoms with Crippen molar-refractivity contribution in [3.8, 4) is 5.75 Å². The highest BCUT2D eigenvalue weighted by molar-refractivity contribution is 7.91. The largest absolute Gasteiger partial charge is 0.490 e. The summed E-state index contributed by atoms with van der Waals surface area (Å²) >= 11 is 0. The second-order valence-electron chi connectivity index (χ2n) is 4.87. The molecule has 0 aliphatic heterocycles. The highest BCUT2D eigenvalue weighted by atomic mass is 32.2. The first kappa shape index (κ1) is 13.4. The summed E-state index contributed by atoms with van der Waals surface area (Å²) in [4.78, 5) is 0. The van der Waals surface area contributed by atoms with E-state index < -0.39 is 21.2 Å². The van der Waals surface area contributed by atoms with Crippen LogP contribution < -0.4 is 4.74 Å². The molecule has 4 nitrogen and oxygen atoms in total. The first-order chi connectivity index (χ1) is 8.38. The van der Waals surface area contributed by atoms with Crippen LogP contribution in [0.2, 0.25) is 0 Å². The van der Waals surface area contributed by atoms with Crippen molar-refractivity contribution in [2.24, 2.45) is 0 Å². The Bertz CT molecular complexity index is 502. The maximum atomic E-state index is 11.4. The van der Waals surface area contributed by atoms with Crippen LogP contribution in [-0.4, -0.2) is 31.1 Å². The first-order valence-electron chi connectivity index (χ1n) is 6.01. The van der Waals surface area contributed by atoms with Crippen LogP contribution >= 0.6 is 0 Å². The second-order valence-corrected chi connectivity index (χ2v) is 7.27. The molecule has 2 atom stereocenters. The van der Waals surface area contributed by atoms with Crippen LogP contribution in [0.15, 0.2) is 24.3 Å². The van der Waals surface area contributed by atoms with Gasteiger partial charge in [-0.2, -0.15) is 0 Å². The first-order valence-corrected chi connectivity index (χ1v) is 7.97. The molecular weight excluding hydrogens is 252 g/mol. The third kappa shape index (κ3) is 3.23. The lowest BCUT2D eigenvalue weighted by Gasteiger charge is -2.17. The van der Waals surface area contributed by atoms with Gasteiger partial charge in [-0.3, -0.25) is 0 Å². The lowest BCUT2D eigenvalue weighted by Crippen LogP contribution is -2.24. The van der Waals surface area contributed by atoms with Crippen molar-refractivity contribution in [1.82, 2.24) is 0 Å². The fourth-order valence-corrected chi connectivity index (χ4v) is 2.25. The fourth-order valence-electron chi connectivity index (χ4n) is 1.63. The van der Waals surface area contributed by atoms with Gasteiger partial charge in [-0.1, -0.05) is 12.1 Å². The van der Waals surface area contributed by atoms with Crippen molar-refractivity contribution in [1.29, 1.82) is 0 Å². The number of hydrogen-bond acceptors (Lipinski definition) is 4. The van der Waals surface area contributed by atoms with Crippen LogP contribution in [0.1, 0.15) is 31.4 Å². The molecule has 2 unspecified atom stereocenters. The van der Waals surface area contributed by atoms with Crippen LogP contribution in [0.5, 0.6) is 5.75 Å². The zero-order valence-electron chi connectivity index (χ0n) is 10.5. The predicted octanol–water partition coefficient (Wildman–Crippen LogP) is 1.69. The molecule has 1 N–H and O–H groups in total. The Labute approximate surface area is 108 Å². The van der Waals surface area contributed by atoms with E-state index in [1.807, 2.05) is 0 Å². The topological polar surface area (TPSA) is 63.6 Å². The zero-order valence-corrected chi connectivity index (χ0v) is 11.4. The van der Waals surface area contributed by atoms with E-state index in [9.17, 15) is 13.5 Å². The van der Waals surface area contributed by atoms with Crippen LogP contribution in [0.3, 0.4) is 0 Å². The number of rotatable bonds is 5. The Morgan fingerprint density at radius 2 is 1.83 bits per heavy atom. The summed E-state index contributed by atoms with van der Waals surface area (Å²) in [7, 11) is -3.25. The molecule has 0 spiro atoms. The van der Waals surface area contributed by atoms with Crippen molar-refractivity contribution in [2.75, 3.05) is 6.26 Å². The molecule has 0 radical (unpaired) electrons. The lowest BCUT2D eigenvalue weighted by atomic mass is 10.1. The van der Waals surface area contributed by atoms with Gasteiger partial charge < -0.3 is 9.84 Å². The summed E-state index contributed by atoms with van der Waals surface area (Å²) < 4.78 is 28.4. The summed E-state index contributed by atoms with van der Waals surface area (Å²) in [6.45, 7) is 1.51. The number of sulfone groups is 1. The van der Waals surface area contributed by atoms with Gasteiger partial charge in [0.25, 0.3) is 0 Å². The Kier molecular flexibility index (Phi) is 3.64. The number of benzene rings is 1. The summed E-state index contributed by atoms with van der Waals surface area (Å²) in [6, 6.07) is 6.96. The Morgan fingerprint density at radius 3 is 2.28 bits per heavy atom. The molecule has 0 aromatic heterocycles. The predicted molar refractivity (Wildman–Crippen MR) is 69.4 cm³/mol. The summed E-state index contributed by atoms with van der Waals surface area (Å²) in [6.07, 6.45) is 2.64. The van der Waals surface area contributed by atoms with Crippen molar-refractivity contribution < 1.29 is 18.3 Å². The van der Waals surface area contributed by atoms with Gasteiger partial charge in [0.1, 0.15) is 5.75 Å². The van der Waals surface area contributed by atoms with E-state index in [4.69, 9.17) is 4.74 Å². The minimum Gasteiger partial charge on any atom is -0.490 e. The third-order valence-electron chi connectivity index (χ3n) is 3.17. The van der Waals surface area contributed by atoms with Gasteiger partial charge >= 0.3 is 0 Å². The van der Waals surface area contributed by atoms with E-state index in [1.54, 1.807) is 24.3 Å². The minimum atomic E-state index is -3.25. The normalized spacial score (nSPS) is 19.3. The Morgan fingerprint density at radius 1 is 1.28 bits per heavy atom. The van der Waals surface area contributed by atoms with Gasteiger partial charge in [-0.15, -0.1) is 0 Å². The summed E-state index contributed by atoms with van der Waals surface area (Å²) in [5, 5.41) is 9.18. The second kappa shape index (κ2) is 4.90. The van der Waals surface area contributed by atoms with E-state index >= 15 is 0 Å². The van der Waals surface area contributed by atoms with Gasteiger partial charge in [-0.25, -0.2) is 8.42 Å². The smallest absolute Gasteiger partial charge is 0.152 e. The molecule has 0 bridgehead atoms. The molecule has 5 heteroatoms. The molecule has 1 aromatic carbocycles. The van der Waals surface area contributed by atoms with Crippen molar-refractivity contribution >= 4 is 9.84 Å². The standard InChI is InChI=1S/C13H18O4S/c1-9(18(2,15)16)13(14)10-3-5-11(6-4-10)17-12-7-8-12/h3-6,9,12-14H,7-8H2,1-2H3. The molecule has 1 saturated carbocycles. The van der Waals surface area contributed by atoms with E-state index in [2.05, 4.69) is 0 Å². The van der Waals surface area contributed by atoms with Crippen LogP contribution in [0, 0.1) is 0 Å². The summed E-state index contributed by atoms with van der Waals surface area (Å²) in [5.41, 5.74) is 0.594. The average Bonchev–Trinajstić information content (AvgIpc) is 3.11. The Hall–Kier alpha value is -1.07. The highest BCUT2D eigenvalue weighted by Gasteiger charge is 2.26. The quantitative estimate of drug-likeness (QED) is 0.884. The Balaban J connectivity index is 2.08. The maximum Gasteiger partial charge on any atom is 0.152 e. The van der Waals surface area contributed by atoms with Crippen molar-refractivity contribution in [3.05, 3.63) is 29.8 Å². The monoisotopic (exact) mass is 270 g/mol. The fraction of sp³-hybridized carbons (Fsp3) is 0.538. The molecule has 2 rings (SSSR count). The molecule has 1 aromatic rings. The summed E-state index contributed by atoms with van der Waals surface area (Å²) in [5.74, 6) is 0.764. The number of aliphatic hydroxyl groups excluding tert-OH is 1. The van der Waals surface area contributed by atoms with Gasteiger partial charge in [0, 0.05) is 6.26 Å². The molecule has 0 heterocycles. The van der Waals surface area contributed by atoms with Gasteiger partial charge in [-0.05, 0) is 37.5 Å². The van der Waals surface area contributed by atoms with E-state index in [1.165, 1.54) is 6.92 Å². The lowest BCUT2D eigenvalue weighted by molar-refractivity contribution is 0.176. The van der Waals surface area contributed by atoms with E-state index in [-0.39, 0.29) is 0 Å². The molecule has 18 heavy (non-hydrogen) atoms. The average molecular weight is 270 g/mol. The molecule has 0 saturated heterocycles. The van der Waals surface area contributed by atoms with Crippen molar-refractivity contribution in [3.63, 3.8) is 0 Å². The minimum absolute atomic E-state index is 0.329. The molecule has 100 valence electrons. The number of aliphatic hydroxyl groups is 1. The number of ether oxygens (including phenoxy) is 1. The van der Waals surface area contributed by atoms with Crippen LogP contribution in [-0.2, 0) is 9.84 Å². The highest BCUT2D eigenvalue weighted by Crippen LogP contribution is 2.28. The van der Waals surface area contributed by atoms with Gasteiger partial charge in [0.2, 0.25) is 0 Å². The third-order valence-corrected chi connectivity index (χ3v) is 4.78. The molecule has 1 aliphatic carbocycles. The van der Waals surface area contributed by atoms with E-state index in [0.29, 0.717) is 11.7 Å². The van der Waals surface area contributed by atoms with Crippen LogP contribution in [0.25, 0.3) is 0 Å². The molecule has 0 amide bonds. The zero-order chi connectivity index (χ0) is 13.3. The van der Waals surface area contributed by atoms with Gasteiger partial charge in [0.05, 0.1) is 17.5 Å². The van der Waals surface area contributed by atoms with Gasteiger partial charge in [0.15, 0.2) is 9.84 Å². The van der Waals surface area contributed by atoms with Crippen molar-refractivity contribution in [2.45, 2.75) is 37.2 Å². The van der Waals surface area contributed by atoms with E-state index in [0.717, 1.165) is 24.8 Å². The maximum absolute atomic E-state index is 11.4. The number of hydrogen-bond donors (Lipinski definition) is 1. The molecular formula is C13H18O4S. The SMILES string of the molecule is CC(C(O)c1ccc(OC2CC2)cc1)S(C)(=O)=O. The molecule has 1 aliphatic rings. The van der Waals surface area contributed by atoms with Crippen LogP contribution in [0.4, 0.5) is 0 Å². The molecule has 1 fully saturated rings.